The van der Waals surface area contributed by atoms with E-state index in [-0.39, 0.29) is 5.82 Å². The van der Waals surface area contributed by atoms with Crippen molar-refractivity contribution in [3.63, 3.8) is 0 Å². The third-order valence-corrected chi connectivity index (χ3v) is 5.57. The number of imidazole rings is 1. The fraction of sp³-hybridized carbons (Fsp3) is 0.0909. The van der Waals surface area contributed by atoms with Crippen molar-refractivity contribution in [2.45, 2.75) is 13.1 Å². The van der Waals surface area contributed by atoms with E-state index in [1.807, 2.05) is 23.8 Å². The third kappa shape index (κ3) is 3.57. The lowest BCUT2D eigenvalue weighted by atomic mass is 10.0. The molecular weight excluding hydrogens is 385 g/mol. The topological polar surface area (TPSA) is 69.4 Å². The van der Waals surface area contributed by atoms with Crippen molar-refractivity contribution < 1.29 is 4.39 Å². The Bertz CT molecular complexity index is 1240. The standard InChI is InChI=1S/C22H18FN5S/c23-20-2-1-14(9-24-12-21-25-4-5-26-21)7-17(20)19-11-28-22-18(19)8-16(10-27-22)15-3-6-29-13-15/h1-8,10-11,13,24H,9,12H2,(H,25,26)(H,27,28). The summed E-state index contributed by atoms with van der Waals surface area (Å²) in [6, 6.07) is 9.35. The summed E-state index contributed by atoms with van der Waals surface area (Å²) in [6.07, 6.45) is 7.19. The highest BCUT2D eigenvalue weighted by Crippen LogP contribution is 2.33. The van der Waals surface area contributed by atoms with Gasteiger partial charge in [0, 0.05) is 53.4 Å². The third-order valence-electron chi connectivity index (χ3n) is 4.88. The van der Waals surface area contributed by atoms with Gasteiger partial charge in [-0.25, -0.2) is 14.4 Å². The number of nitrogens with one attached hydrogen (secondary N) is 3. The fourth-order valence-corrected chi connectivity index (χ4v) is 4.09. The summed E-state index contributed by atoms with van der Waals surface area (Å²) in [7, 11) is 0. The maximum atomic E-state index is 14.7. The molecule has 144 valence electrons. The molecule has 4 heterocycles. The van der Waals surface area contributed by atoms with E-state index in [9.17, 15) is 4.39 Å². The van der Waals surface area contributed by atoms with E-state index in [1.165, 1.54) is 6.07 Å². The number of pyridine rings is 1. The van der Waals surface area contributed by atoms with Gasteiger partial charge in [0.15, 0.2) is 0 Å². The predicted molar refractivity (Wildman–Crippen MR) is 114 cm³/mol. The number of hydrogen-bond donors (Lipinski definition) is 3. The van der Waals surface area contributed by atoms with Crippen molar-refractivity contribution in [1.82, 2.24) is 25.3 Å². The molecule has 0 unspecified atom stereocenters. The van der Waals surface area contributed by atoms with E-state index in [4.69, 9.17) is 0 Å². The van der Waals surface area contributed by atoms with E-state index in [2.05, 4.69) is 42.8 Å². The number of thiophene rings is 1. The molecule has 0 bridgehead atoms. The van der Waals surface area contributed by atoms with Crippen LogP contribution in [0.4, 0.5) is 4.39 Å². The molecule has 0 aliphatic carbocycles. The lowest BCUT2D eigenvalue weighted by Crippen LogP contribution is -2.13. The normalized spacial score (nSPS) is 11.3. The zero-order chi connectivity index (χ0) is 19.6. The Morgan fingerprint density at radius 3 is 2.79 bits per heavy atom. The quantitative estimate of drug-likeness (QED) is 0.369. The summed E-state index contributed by atoms with van der Waals surface area (Å²) in [5.74, 6) is 0.623. The van der Waals surface area contributed by atoms with Crippen molar-refractivity contribution >= 4 is 22.4 Å². The first-order chi connectivity index (χ1) is 14.3. The Morgan fingerprint density at radius 1 is 1.00 bits per heavy atom. The van der Waals surface area contributed by atoms with Gasteiger partial charge >= 0.3 is 0 Å². The van der Waals surface area contributed by atoms with Gasteiger partial charge in [-0.3, -0.25) is 0 Å². The first-order valence-electron chi connectivity index (χ1n) is 9.25. The molecule has 1 aromatic carbocycles. The molecule has 7 heteroatoms. The monoisotopic (exact) mass is 403 g/mol. The lowest BCUT2D eigenvalue weighted by molar-refractivity contribution is 0.627. The van der Waals surface area contributed by atoms with Gasteiger partial charge in [-0.2, -0.15) is 11.3 Å². The maximum Gasteiger partial charge on any atom is 0.137 e. The minimum Gasteiger partial charge on any atom is -0.348 e. The van der Waals surface area contributed by atoms with Crippen molar-refractivity contribution in [2.24, 2.45) is 0 Å². The SMILES string of the molecule is Fc1ccc(CNCc2ncc[nH]2)cc1-c1c[nH]c2ncc(-c3ccsc3)cc12. The van der Waals surface area contributed by atoms with Crippen LogP contribution in [0.25, 0.3) is 33.3 Å². The van der Waals surface area contributed by atoms with E-state index in [1.54, 1.807) is 29.8 Å². The first-order valence-corrected chi connectivity index (χ1v) is 10.2. The summed E-state index contributed by atoms with van der Waals surface area (Å²) in [5.41, 5.74) is 5.28. The Morgan fingerprint density at radius 2 is 1.97 bits per heavy atom. The number of benzene rings is 1. The molecule has 4 aromatic heterocycles. The number of aromatic nitrogens is 4. The van der Waals surface area contributed by atoms with Gasteiger partial charge in [0.05, 0.1) is 6.54 Å². The van der Waals surface area contributed by atoms with E-state index >= 15 is 0 Å². The smallest absolute Gasteiger partial charge is 0.137 e. The molecule has 5 rings (SSSR count). The Labute approximate surface area is 170 Å². The number of hydrogen-bond acceptors (Lipinski definition) is 4. The van der Waals surface area contributed by atoms with Crippen LogP contribution < -0.4 is 5.32 Å². The Kier molecular flexibility index (Phi) is 4.67. The number of fused-ring (bicyclic) bond motifs is 1. The Balaban J connectivity index is 1.46. The molecule has 29 heavy (non-hydrogen) atoms. The number of nitrogens with zero attached hydrogens (tertiary/aromatic N) is 2. The van der Waals surface area contributed by atoms with Gasteiger partial charge in [0.2, 0.25) is 0 Å². The minimum atomic E-state index is -0.248. The average molecular weight is 403 g/mol. The molecule has 0 saturated heterocycles. The zero-order valence-electron chi connectivity index (χ0n) is 15.4. The van der Waals surface area contributed by atoms with Crippen LogP contribution >= 0.6 is 11.3 Å². The van der Waals surface area contributed by atoms with Crippen LogP contribution in [-0.2, 0) is 13.1 Å². The van der Waals surface area contributed by atoms with Gasteiger partial charge in [-0.05, 0) is 46.2 Å². The summed E-state index contributed by atoms with van der Waals surface area (Å²) in [4.78, 5) is 14.9. The number of halogens is 1. The lowest BCUT2D eigenvalue weighted by Gasteiger charge is -2.08. The van der Waals surface area contributed by atoms with E-state index in [0.717, 1.165) is 39.1 Å². The molecule has 0 aliphatic heterocycles. The second-order valence-corrected chi connectivity index (χ2v) is 7.57. The fourth-order valence-electron chi connectivity index (χ4n) is 3.42. The van der Waals surface area contributed by atoms with Crippen LogP contribution in [-0.4, -0.2) is 19.9 Å². The highest BCUT2D eigenvalue weighted by Gasteiger charge is 2.13. The predicted octanol–water partition coefficient (Wildman–Crippen LogP) is 5.11. The second kappa shape index (κ2) is 7.62. The molecule has 3 N–H and O–H groups in total. The molecule has 5 aromatic rings. The van der Waals surface area contributed by atoms with Crippen LogP contribution in [0.3, 0.4) is 0 Å². The molecule has 0 spiro atoms. The largest absolute Gasteiger partial charge is 0.348 e. The molecule has 0 amide bonds. The summed E-state index contributed by atoms with van der Waals surface area (Å²) in [6.45, 7) is 1.25. The van der Waals surface area contributed by atoms with Gasteiger partial charge < -0.3 is 15.3 Å². The number of aromatic amines is 2. The number of rotatable bonds is 6. The van der Waals surface area contributed by atoms with Gasteiger partial charge in [-0.15, -0.1) is 0 Å². The minimum absolute atomic E-state index is 0.248. The molecule has 0 atom stereocenters. The van der Waals surface area contributed by atoms with Crippen LogP contribution in [0, 0.1) is 5.82 Å². The van der Waals surface area contributed by atoms with Crippen molar-refractivity contribution in [3.05, 3.63) is 83.1 Å². The Hall–Kier alpha value is -3.29. The van der Waals surface area contributed by atoms with Gasteiger partial charge in [-0.1, -0.05) is 6.07 Å². The highest BCUT2D eigenvalue weighted by molar-refractivity contribution is 7.08. The molecule has 0 fully saturated rings. The molecule has 0 radical (unpaired) electrons. The number of H-pyrrole nitrogens is 2. The summed E-state index contributed by atoms with van der Waals surface area (Å²) in [5, 5.41) is 8.36. The first kappa shape index (κ1) is 17.8. The second-order valence-electron chi connectivity index (χ2n) is 6.79. The molecule has 0 aliphatic rings. The zero-order valence-corrected chi connectivity index (χ0v) is 16.3. The van der Waals surface area contributed by atoms with Crippen LogP contribution in [0.2, 0.25) is 0 Å². The average Bonchev–Trinajstić information content (AvgIpc) is 3.50. The van der Waals surface area contributed by atoms with Crippen molar-refractivity contribution in [1.29, 1.82) is 0 Å². The van der Waals surface area contributed by atoms with Gasteiger partial charge in [0.25, 0.3) is 0 Å². The highest BCUT2D eigenvalue weighted by atomic mass is 32.1. The van der Waals surface area contributed by atoms with Crippen molar-refractivity contribution in [2.75, 3.05) is 0 Å². The maximum absolute atomic E-state index is 14.7. The molecular formula is C22H18FN5S. The molecule has 5 nitrogen and oxygen atoms in total. The van der Waals surface area contributed by atoms with Gasteiger partial charge in [0.1, 0.15) is 17.3 Å². The molecule has 0 saturated carbocycles. The van der Waals surface area contributed by atoms with Crippen LogP contribution in [0.1, 0.15) is 11.4 Å². The van der Waals surface area contributed by atoms with E-state index in [0.29, 0.717) is 18.7 Å². The van der Waals surface area contributed by atoms with Crippen molar-refractivity contribution in [3.8, 4) is 22.3 Å². The summed E-state index contributed by atoms with van der Waals surface area (Å²) < 4.78 is 14.7. The van der Waals surface area contributed by atoms with Crippen LogP contribution in [0.5, 0.6) is 0 Å². The van der Waals surface area contributed by atoms with E-state index < -0.39 is 0 Å². The van der Waals surface area contributed by atoms with Crippen LogP contribution in [0.15, 0.2) is 65.9 Å². The summed E-state index contributed by atoms with van der Waals surface area (Å²) >= 11 is 1.64.